The van der Waals surface area contributed by atoms with Gasteiger partial charge >= 0.3 is 0 Å². The molecular formula is C16H11N3O. The van der Waals surface area contributed by atoms with Crippen molar-refractivity contribution in [1.82, 2.24) is 4.98 Å². The fourth-order valence-electron chi connectivity index (χ4n) is 2.46. The second-order valence-electron chi connectivity index (χ2n) is 4.74. The lowest BCUT2D eigenvalue weighted by Gasteiger charge is -1.94. The predicted molar refractivity (Wildman–Crippen MR) is 78.2 cm³/mol. The van der Waals surface area contributed by atoms with E-state index in [-0.39, 0.29) is 5.88 Å². The third-order valence-electron chi connectivity index (χ3n) is 3.45. The van der Waals surface area contributed by atoms with Crippen molar-refractivity contribution in [2.45, 2.75) is 0 Å². The summed E-state index contributed by atoms with van der Waals surface area (Å²) >= 11 is 0. The van der Waals surface area contributed by atoms with Crippen LogP contribution in [0.15, 0.2) is 52.7 Å². The van der Waals surface area contributed by atoms with E-state index >= 15 is 0 Å². The molecule has 2 heterocycles. The molecule has 0 aliphatic carbocycles. The molecule has 1 aliphatic heterocycles. The molecule has 4 nitrogen and oxygen atoms in total. The maximum atomic E-state index is 10.1. The topological polar surface area (TPSA) is 60.7 Å². The van der Waals surface area contributed by atoms with Gasteiger partial charge in [0.2, 0.25) is 0 Å². The van der Waals surface area contributed by atoms with Crippen LogP contribution < -0.4 is 10.4 Å². The van der Waals surface area contributed by atoms with Crippen LogP contribution in [-0.4, -0.2) is 10.1 Å². The fraction of sp³-hybridized carbons (Fsp3) is 0. The SMILES string of the molecule is Oc1[nH]c2ccccc2c1/C=c1\ccc2c(c1)N=NC=2. The van der Waals surface area contributed by atoms with Gasteiger partial charge in [-0.25, -0.2) is 0 Å². The third kappa shape index (κ3) is 1.62. The maximum Gasteiger partial charge on any atom is 0.196 e. The quantitative estimate of drug-likeness (QED) is 0.694. The molecule has 0 saturated heterocycles. The Morgan fingerprint density at radius 3 is 2.95 bits per heavy atom. The number of nitrogens with one attached hydrogen (secondary N) is 1. The molecule has 0 fully saturated rings. The first-order chi connectivity index (χ1) is 9.81. The first-order valence-corrected chi connectivity index (χ1v) is 6.34. The molecule has 0 unspecified atom stereocenters. The van der Waals surface area contributed by atoms with E-state index in [9.17, 15) is 5.11 Å². The van der Waals surface area contributed by atoms with Crippen molar-refractivity contribution < 1.29 is 5.11 Å². The van der Waals surface area contributed by atoms with Crippen LogP contribution in [0.25, 0.3) is 23.2 Å². The average molecular weight is 261 g/mol. The molecule has 96 valence electrons. The number of para-hydroxylation sites is 1. The first kappa shape index (κ1) is 11.0. The smallest absolute Gasteiger partial charge is 0.196 e. The minimum atomic E-state index is 0.180. The van der Waals surface area contributed by atoms with Gasteiger partial charge in [-0.2, -0.15) is 10.2 Å². The summed E-state index contributed by atoms with van der Waals surface area (Å²) in [5.74, 6) is 0.180. The number of aromatic nitrogens is 1. The lowest BCUT2D eigenvalue weighted by molar-refractivity contribution is 0.457. The van der Waals surface area contributed by atoms with E-state index in [1.165, 1.54) is 0 Å². The Balaban J connectivity index is 1.97. The summed E-state index contributed by atoms with van der Waals surface area (Å²) in [5, 5.41) is 21.0. The number of benzene rings is 2. The number of aromatic amines is 1. The zero-order chi connectivity index (χ0) is 13.5. The van der Waals surface area contributed by atoms with Crippen molar-refractivity contribution in [3.8, 4) is 5.88 Å². The Kier molecular flexibility index (Phi) is 2.23. The van der Waals surface area contributed by atoms with Gasteiger partial charge in [0.25, 0.3) is 0 Å². The Hall–Kier alpha value is -2.88. The van der Waals surface area contributed by atoms with Crippen LogP contribution in [0.5, 0.6) is 5.88 Å². The van der Waals surface area contributed by atoms with Crippen LogP contribution in [0.2, 0.25) is 0 Å². The summed E-state index contributed by atoms with van der Waals surface area (Å²) in [6.45, 7) is 0. The molecule has 0 atom stereocenters. The molecule has 20 heavy (non-hydrogen) atoms. The van der Waals surface area contributed by atoms with Gasteiger partial charge in [0.05, 0.1) is 11.9 Å². The molecule has 1 aromatic heterocycles. The Labute approximate surface area is 114 Å². The molecule has 0 saturated carbocycles. The minimum Gasteiger partial charge on any atom is -0.494 e. The van der Waals surface area contributed by atoms with Gasteiger partial charge in [-0.15, -0.1) is 0 Å². The minimum absolute atomic E-state index is 0.180. The second-order valence-corrected chi connectivity index (χ2v) is 4.74. The molecular weight excluding hydrogens is 250 g/mol. The van der Waals surface area contributed by atoms with Crippen molar-refractivity contribution in [3.63, 3.8) is 0 Å². The fourth-order valence-corrected chi connectivity index (χ4v) is 2.46. The average Bonchev–Trinajstić information content (AvgIpc) is 3.04. The summed E-state index contributed by atoms with van der Waals surface area (Å²) in [7, 11) is 0. The lowest BCUT2D eigenvalue weighted by Crippen LogP contribution is -2.06. The molecule has 3 aromatic rings. The van der Waals surface area contributed by atoms with Crippen LogP contribution in [0.4, 0.5) is 5.69 Å². The van der Waals surface area contributed by atoms with Crippen molar-refractivity contribution in [3.05, 3.63) is 58.5 Å². The van der Waals surface area contributed by atoms with E-state index in [1.54, 1.807) is 6.20 Å². The van der Waals surface area contributed by atoms with Crippen LogP contribution >= 0.6 is 0 Å². The Bertz CT molecular complexity index is 967. The van der Waals surface area contributed by atoms with Gasteiger partial charge in [-0.1, -0.05) is 30.3 Å². The van der Waals surface area contributed by atoms with Gasteiger partial charge in [-0.05, 0) is 23.4 Å². The highest BCUT2D eigenvalue weighted by Gasteiger charge is 2.07. The van der Waals surface area contributed by atoms with Crippen LogP contribution in [-0.2, 0) is 0 Å². The van der Waals surface area contributed by atoms with Crippen LogP contribution in [0, 0.1) is 0 Å². The van der Waals surface area contributed by atoms with E-state index in [0.717, 1.165) is 32.6 Å². The van der Waals surface area contributed by atoms with Gasteiger partial charge in [0, 0.05) is 21.7 Å². The molecule has 0 radical (unpaired) electrons. The van der Waals surface area contributed by atoms with E-state index in [0.29, 0.717) is 0 Å². The van der Waals surface area contributed by atoms with E-state index in [4.69, 9.17) is 0 Å². The second kappa shape index (κ2) is 4.06. The maximum absolute atomic E-state index is 10.1. The first-order valence-electron chi connectivity index (χ1n) is 6.34. The van der Waals surface area contributed by atoms with Crippen molar-refractivity contribution in [2.24, 2.45) is 10.2 Å². The number of fused-ring (bicyclic) bond motifs is 2. The molecule has 4 rings (SSSR count). The van der Waals surface area contributed by atoms with E-state index in [2.05, 4.69) is 15.2 Å². The number of azo groups is 1. The summed E-state index contributed by atoms with van der Waals surface area (Å²) in [5.41, 5.74) is 2.57. The number of hydrogen-bond donors (Lipinski definition) is 2. The third-order valence-corrected chi connectivity index (χ3v) is 3.45. The van der Waals surface area contributed by atoms with E-state index < -0.39 is 0 Å². The molecule has 2 N–H and O–H groups in total. The number of hydrogen-bond acceptors (Lipinski definition) is 3. The highest BCUT2D eigenvalue weighted by atomic mass is 16.3. The van der Waals surface area contributed by atoms with Gasteiger partial charge in [0.1, 0.15) is 0 Å². The van der Waals surface area contributed by atoms with Crippen molar-refractivity contribution >= 4 is 28.9 Å². The standard InChI is InChI=1S/C16H11N3O/c20-16-13(12-3-1-2-4-14(12)18-16)7-10-5-6-11-9-17-19-15(11)8-10/h1-9,18,20H/b10-7+. The molecule has 0 bridgehead atoms. The number of nitrogens with zero attached hydrogens (tertiary/aromatic N) is 2. The normalized spacial score (nSPS) is 13.7. The highest BCUT2D eigenvalue weighted by Crippen LogP contribution is 2.27. The lowest BCUT2D eigenvalue weighted by atomic mass is 10.1. The van der Waals surface area contributed by atoms with Crippen molar-refractivity contribution in [2.75, 3.05) is 0 Å². The highest BCUT2D eigenvalue weighted by molar-refractivity contribution is 5.91. The van der Waals surface area contributed by atoms with Crippen LogP contribution in [0.3, 0.4) is 0 Å². The Morgan fingerprint density at radius 2 is 2.00 bits per heavy atom. The zero-order valence-electron chi connectivity index (χ0n) is 10.5. The summed E-state index contributed by atoms with van der Waals surface area (Å²) < 4.78 is 0. The number of H-pyrrole nitrogens is 1. The monoisotopic (exact) mass is 261 g/mol. The molecule has 1 aliphatic rings. The molecule has 0 amide bonds. The largest absolute Gasteiger partial charge is 0.494 e. The van der Waals surface area contributed by atoms with Gasteiger partial charge < -0.3 is 10.1 Å². The predicted octanol–water partition coefficient (Wildman–Crippen LogP) is 2.54. The van der Waals surface area contributed by atoms with E-state index in [1.807, 2.05) is 48.5 Å². The summed E-state index contributed by atoms with van der Waals surface area (Å²) in [6.07, 6.45) is 3.69. The van der Waals surface area contributed by atoms with Gasteiger partial charge in [0.15, 0.2) is 5.88 Å². The molecule has 0 spiro atoms. The molecule has 2 aromatic carbocycles. The zero-order valence-corrected chi connectivity index (χ0v) is 10.5. The van der Waals surface area contributed by atoms with Gasteiger partial charge in [-0.3, -0.25) is 0 Å². The molecule has 4 heteroatoms. The summed E-state index contributed by atoms with van der Waals surface area (Å²) in [4.78, 5) is 2.98. The number of aromatic hydroxyl groups is 1. The summed E-state index contributed by atoms with van der Waals surface area (Å²) in [6, 6.07) is 13.8. The van der Waals surface area contributed by atoms with Crippen LogP contribution in [0.1, 0.15) is 5.56 Å². The Morgan fingerprint density at radius 1 is 1.10 bits per heavy atom. The van der Waals surface area contributed by atoms with Crippen molar-refractivity contribution in [1.29, 1.82) is 0 Å². The number of rotatable bonds is 1.